The minimum atomic E-state index is -0.741. The van der Waals surface area contributed by atoms with Crippen LogP contribution in [-0.2, 0) is 14.4 Å². The van der Waals surface area contributed by atoms with Crippen LogP contribution < -0.4 is 0 Å². The molecule has 1 aromatic rings. The normalized spacial score (nSPS) is 11.1. The van der Waals surface area contributed by atoms with Gasteiger partial charge in [0, 0.05) is 5.56 Å². The maximum absolute atomic E-state index is 13.6. The molecule has 4 nitrogen and oxygen atoms in total. The third-order valence-corrected chi connectivity index (χ3v) is 2.02. The monoisotopic (exact) mass is 225 g/mol. The average molecular weight is 225 g/mol. The van der Waals surface area contributed by atoms with Crippen molar-refractivity contribution >= 4 is 11.7 Å². The number of methoxy groups -OCH3 is 1. The average Bonchev–Trinajstić information content (AvgIpc) is 2.26. The van der Waals surface area contributed by atoms with E-state index in [0.29, 0.717) is 5.56 Å². The van der Waals surface area contributed by atoms with E-state index in [-0.39, 0.29) is 11.3 Å². The molecule has 0 N–H and O–H groups in total. The fraction of sp³-hybridized carbons (Fsp3) is 0.273. The van der Waals surface area contributed by atoms with Crippen molar-refractivity contribution in [2.45, 2.75) is 6.92 Å². The molecule has 0 radical (unpaired) electrons. The Bertz CT molecular complexity index is 409. The first-order chi connectivity index (χ1) is 7.61. The smallest absolute Gasteiger partial charge is 0.360 e. The number of ether oxygens (including phenoxy) is 1. The second kappa shape index (κ2) is 5.25. The van der Waals surface area contributed by atoms with Crippen molar-refractivity contribution in [1.29, 1.82) is 0 Å². The van der Waals surface area contributed by atoms with Gasteiger partial charge in [0.1, 0.15) is 12.9 Å². The van der Waals surface area contributed by atoms with Gasteiger partial charge in [-0.15, -0.1) is 0 Å². The van der Waals surface area contributed by atoms with Gasteiger partial charge in [0.2, 0.25) is 0 Å². The molecule has 0 aliphatic rings. The summed E-state index contributed by atoms with van der Waals surface area (Å²) in [5, 5.41) is 3.49. The number of nitrogens with zero attached hydrogens (tertiary/aromatic N) is 1. The number of esters is 1. The van der Waals surface area contributed by atoms with Gasteiger partial charge in [-0.2, -0.15) is 0 Å². The van der Waals surface area contributed by atoms with Gasteiger partial charge in [-0.05, 0) is 18.6 Å². The maximum Gasteiger partial charge on any atom is 0.360 e. The predicted molar refractivity (Wildman–Crippen MR) is 56.7 cm³/mol. The molecule has 1 aromatic carbocycles. The summed E-state index contributed by atoms with van der Waals surface area (Å²) < 4.78 is 18.1. The van der Waals surface area contributed by atoms with Crippen molar-refractivity contribution in [1.82, 2.24) is 0 Å². The van der Waals surface area contributed by atoms with Crippen LogP contribution in [0.5, 0.6) is 0 Å². The molecule has 0 bridgehead atoms. The Morgan fingerprint density at radius 2 is 2.06 bits per heavy atom. The lowest BCUT2D eigenvalue weighted by Gasteiger charge is -2.07. The number of rotatable bonds is 3. The molecule has 0 spiro atoms. The fourth-order valence-electron chi connectivity index (χ4n) is 1.30. The third-order valence-electron chi connectivity index (χ3n) is 2.02. The van der Waals surface area contributed by atoms with Crippen LogP contribution in [0.1, 0.15) is 11.1 Å². The van der Waals surface area contributed by atoms with Crippen molar-refractivity contribution in [2.24, 2.45) is 5.16 Å². The summed E-state index contributed by atoms with van der Waals surface area (Å²) in [5.41, 5.74) is 0.498. The molecule has 0 unspecified atom stereocenters. The van der Waals surface area contributed by atoms with Crippen molar-refractivity contribution in [2.75, 3.05) is 14.2 Å². The molecule has 1 rings (SSSR count). The number of carbonyl (C=O) groups is 1. The largest absolute Gasteiger partial charge is 0.464 e. The molecule has 0 fully saturated rings. The number of oxime groups is 1. The summed E-state index contributed by atoms with van der Waals surface area (Å²) in [6.07, 6.45) is 0. The van der Waals surface area contributed by atoms with Crippen LogP contribution in [0.15, 0.2) is 23.4 Å². The Morgan fingerprint density at radius 1 is 1.38 bits per heavy atom. The zero-order chi connectivity index (χ0) is 12.1. The Balaban J connectivity index is 3.32. The van der Waals surface area contributed by atoms with Gasteiger partial charge in [0.05, 0.1) is 7.11 Å². The molecular formula is C11H12FNO3. The van der Waals surface area contributed by atoms with E-state index in [9.17, 15) is 9.18 Å². The van der Waals surface area contributed by atoms with Crippen molar-refractivity contribution in [3.05, 3.63) is 35.1 Å². The Kier molecular flexibility index (Phi) is 3.99. The molecule has 0 amide bonds. The highest BCUT2D eigenvalue weighted by molar-refractivity contribution is 6.43. The zero-order valence-electron chi connectivity index (χ0n) is 9.28. The first kappa shape index (κ1) is 12.2. The van der Waals surface area contributed by atoms with Crippen LogP contribution >= 0.6 is 0 Å². The molecule has 0 saturated heterocycles. The lowest BCUT2D eigenvalue weighted by Crippen LogP contribution is -2.20. The molecule has 0 aliphatic heterocycles. The minimum Gasteiger partial charge on any atom is -0.464 e. The van der Waals surface area contributed by atoms with Crippen molar-refractivity contribution in [3.8, 4) is 0 Å². The Labute approximate surface area is 92.7 Å². The van der Waals surface area contributed by atoms with E-state index in [1.807, 2.05) is 0 Å². The molecular weight excluding hydrogens is 213 g/mol. The second-order valence-electron chi connectivity index (χ2n) is 3.05. The zero-order valence-corrected chi connectivity index (χ0v) is 9.28. The Morgan fingerprint density at radius 3 is 2.56 bits per heavy atom. The molecule has 0 heterocycles. The van der Waals surface area contributed by atoms with E-state index in [0.717, 1.165) is 0 Å². The van der Waals surface area contributed by atoms with Crippen LogP contribution in [0.2, 0.25) is 0 Å². The summed E-state index contributed by atoms with van der Waals surface area (Å²) in [7, 11) is 2.48. The molecule has 86 valence electrons. The van der Waals surface area contributed by atoms with Gasteiger partial charge in [0.25, 0.3) is 0 Å². The lowest BCUT2D eigenvalue weighted by atomic mass is 10.0. The summed E-state index contributed by atoms with van der Waals surface area (Å²) >= 11 is 0. The summed E-state index contributed by atoms with van der Waals surface area (Å²) in [6.45, 7) is 1.67. The fourth-order valence-corrected chi connectivity index (χ4v) is 1.30. The molecule has 16 heavy (non-hydrogen) atoms. The van der Waals surface area contributed by atoms with E-state index < -0.39 is 11.8 Å². The summed E-state index contributed by atoms with van der Waals surface area (Å²) in [6, 6.07) is 4.47. The topological polar surface area (TPSA) is 47.9 Å². The molecule has 0 aromatic heterocycles. The molecule has 5 heteroatoms. The maximum atomic E-state index is 13.6. The number of benzene rings is 1. The van der Waals surface area contributed by atoms with Gasteiger partial charge >= 0.3 is 5.97 Å². The number of aryl methyl sites for hydroxylation is 1. The van der Waals surface area contributed by atoms with Gasteiger partial charge in [-0.25, -0.2) is 9.18 Å². The SMILES string of the molecule is CON=C(C(=O)OC)c1c(C)cccc1F. The van der Waals surface area contributed by atoms with Crippen LogP contribution in [0.3, 0.4) is 0 Å². The number of halogens is 1. The van der Waals surface area contributed by atoms with Gasteiger partial charge in [-0.1, -0.05) is 17.3 Å². The van der Waals surface area contributed by atoms with E-state index in [2.05, 4.69) is 14.7 Å². The van der Waals surface area contributed by atoms with E-state index in [1.165, 1.54) is 20.3 Å². The number of hydrogen-bond acceptors (Lipinski definition) is 4. The highest BCUT2D eigenvalue weighted by Crippen LogP contribution is 2.14. The van der Waals surface area contributed by atoms with Gasteiger partial charge in [-0.3, -0.25) is 0 Å². The van der Waals surface area contributed by atoms with Crippen LogP contribution in [0.4, 0.5) is 4.39 Å². The second-order valence-corrected chi connectivity index (χ2v) is 3.05. The highest BCUT2D eigenvalue weighted by Gasteiger charge is 2.21. The summed E-state index contributed by atoms with van der Waals surface area (Å²) in [4.78, 5) is 15.9. The van der Waals surface area contributed by atoms with Crippen LogP contribution in [0.25, 0.3) is 0 Å². The Hall–Kier alpha value is -1.91. The minimum absolute atomic E-state index is 0.0937. The highest BCUT2D eigenvalue weighted by atomic mass is 19.1. The predicted octanol–water partition coefficient (Wildman–Crippen LogP) is 1.66. The van der Waals surface area contributed by atoms with Crippen LogP contribution in [-0.4, -0.2) is 25.9 Å². The van der Waals surface area contributed by atoms with E-state index in [4.69, 9.17) is 0 Å². The standard InChI is InChI=1S/C11H12FNO3/c1-7-5-4-6-8(12)9(7)10(13-16-3)11(14)15-2/h4-6H,1-3H3. The summed E-state index contributed by atoms with van der Waals surface area (Å²) in [5.74, 6) is -1.28. The molecule has 0 atom stereocenters. The first-order valence-electron chi connectivity index (χ1n) is 4.56. The quantitative estimate of drug-likeness (QED) is 0.446. The van der Waals surface area contributed by atoms with E-state index >= 15 is 0 Å². The van der Waals surface area contributed by atoms with Crippen LogP contribution in [0, 0.1) is 12.7 Å². The van der Waals surface area contributed by atoms with Crippen molar-refractivity contribution in [3.63, 3.8) is 0 Å². The number of hydrogen-bond donors (Lipinski definition) is 0. The molecule has 0 aliphatic carbocycles. The van der Waals surface area contributed by atoms with Crippen molar-refractivity contribution < 1.29 is 18.8 Å². The van der Waals surface area contributed by atoms with Gasteiger partial charge in [0.15, 0.2) is 5.71 Å². The molecule has 0 saturated carbocycles. The van der Waals surface area contributed by atoms with E-state index in [1.54, 1.807) is 19.1 Å². The van der Waals surface area contributed by atoms with Gasteiger partial charge < -0.3 is 9.57 Å². The number of carbonyl (C=O) groups excluding carboxylic acids is 1. The third kappa shape index (κ3) is 2.36. The lowest BCUT2D eigenvalue weighted by molar-refractivity contribution is -0.132. The first-order valence-corrected chi connectivity index (χ1v) is 4.56.